The molecule has 1 aliphatic carbocycles. The Labute approximate surface area is 113 Å². The third-order valence-electron chi connectivity index (χ3n) is 3.95. The second kappa shape index (κ2) is 5.70. The van der Waals surface area contributed by atoms with Gasteiger partial charge in [0.1, 0.15) is 5.82 Å². The van der Waals surface area contributed by atoms with Crippen molar-refractivity contribution in [3.8, 4) is 0 Å². The van der Waals surface area contributed by atoms with Crippen LogP contribution in [0.15, 0.2) is 12.3 Å². The van der Waals surface area contributed by atoms with E-state index in [4.69, 9.17) is 17.3 Å². The quantitative estimate of drug-likeness (QED) is 0.849. The number of hydrogen-bond donors (Lipinski definition) is 1. The number of nitrogens with zero attached hydrogens (tertiary/aromatic N) is 1. The fraction of sp³-hybridized carbons (Fsp3) is 0.571. The van der Waals surface area contributed by atoms with Crippen LogP contribution in [0.25, 0.3) is 0 Å². The van der Waals surface area contributed by atoms with Crippen molar-refractivity contribution in [2.75, 3.05) is 5.73 Å². The van der Waals surface area contributed by atoms with Crippen molar-refractivity contribution >= 4 is 23.2 Å². The average molecular weight is 267 g/mol. The first-order valence-electron chi connectivity index (χ1n) is 6.57. The Kier molecular flexibility index (Phi) is 4.23. The number of anilines is 1. The molecule has 1 aromatic rings. The molecule has 1 heterocycles. The molecule has 2 N–H and O–H groups in total. The number of rotatable bonds is 3. The summed E-state index contributed by atoms with van der Waals surface area (Å²) < 4.78 is 0. The molecule has 1 fully saturated rings. The molecule has 0 saturated heterocycles. The highest BCUT2D eigenvalue weighted by atomic mass is 35.5. The number of ketones is 1. The molecule has 0 aromatic carbocycles. The zero-order valence-electron chi connectivity index (χ0n) is 10.7. The van der Waals surface area contributed by atoms with Crippen LogP contribution in [0.3, 0.4) is 0 Å². The van der Waals surface area contributed by atoms with E-state index >= 15 is 0 Å². The van der Waals surface area contributed by atoms with Crippen molar-refractivity contribution < 1.29 is 4.79 Å². The molecule has 98 valence electrons. The number of nitrogen functional groups attached to an aromatic ring is 1. The van der Waals surface area contributed by atoms with E-state index in [1.54, 1.807) is 6.07 Å². The van der Waals surface area contributed by atoms with Crippen molar-refractivity contribution in [2.24, 2.45) is 11.8 Å². The van der Waals surface area contributed by atoms with Gasteiger partial charge in [0.05, 0.1) is 10.6 Å². The maximum Gasteiger partial charge on any atom is 0.169 e. The molecule has 0 aliphatic heterocycles. The minimum absolute atomic E-state index is 0.0929. The molecule has 0 amide bonds. The Balaban J connectivity index is 2.10. The molecule has 1 aliphatic rings. The summed E-state index contributed by atoms with van der Waals surface area (Å²) in [6.07, 6.45) is 6.89. The molecular weight excluding hydrogens is 248 g/mol. The van der Waals surface area contributed by atoms with E-state index in [0.29, 0.717) is 16.4 Å². The van der Waals surface area contributed by atoms with Crippen LogP contribution in [0.4, 0.5) is 5.82 Å². The van der Waals surface area contributed by atoms with Crippen molar-refractivity contribution in [3.63, 3.8) is 0 Å². The average Bonchev–Trinajstić information content (AvgIpc) is 2.41. The van der Waals surface area contributed by atoms with Crippen LogP contribution >= 0.6 is 11.6 Å². The van der Waals surface area contributed by atoms with Gasteiger partial charge in [-0.25, -0.2) is 4.98 Å². The second-order valence-electron chi connectivity index (χ2n) is 5.08. The number of halogens is 1. The molecule has 0 spiro atoms. The van der Waals surface area contributed by atoms with E-state index < -0.39 is 0 Å². The lowest BCUT2D eigenvalue weighted by atomic mass is 9.78. The summed E-state index contributed by atoms with van der Waals surface area (Å²) in [6.45, 7) is 2.21. The van der Waals surface area contributed by atoms with Gasteiger partial charge in [0, 0.05) is 12.1 Å². The summed E-state index contributed by atoms with van der Waals surface area (Å²) in [7, 11) is 0. The molecule has 2 rings (SSSR count). The normalized spacial score (nSPS) is 23.9. The van der Waals surface area contributed by atoms with E-state index in [2.05, 4.69) is 11.9 Å². The molecular formula is C14H19ClN2O. The van der Waals surface area contributed by atoms with Crippen molar-refractivity contribution in [1.29, 1.82) is 0 Å². The Morgan fingerprint density at radius 2 is 2.11 bits per heavy atom. The summed E-state index contributed by atoms with van der Waals surface area (Å²) in [5.41, 5.74) is 6.25. The molecule has 1 saturated carbocycles. The lowest BCUT2D eigenvalue weighted by Crippen LogP contribution is -2.22. The first kappa shape index (κ1) is 13.3. The van der Waals surface area contributed by atoms with Crippen LogP contribution in [0.2, 0.25) is 5.02 Å². The van der Waals surface area contributed by atoms with Gasteiger partial charge in [-0.2, -0.15) is 0 Å². The molecule has 0 atom stereocenters. The SMILES string of the molecule is CCC1CCC(C(=O)c2cc(Cl)cnc2N)CC1. The predicted octanol–water partition coefficient (Wildman–Crippen LogP) is 3.72. The van der Waals surface area contributed by atoms with Gasteiger partial charge in [0.25, 0.3) is 0 Å². The highest BCUT2D eigenvalue weighted by Crippen LogP contribution is 2.33. The van der Waals surface area contributed by atoms with E-state index in [1.807, 2.05) is 0 Å². The van der Waals surface area contributed by atoms with E-state index in [-0.39, 0.29) is 11.7 Å². The van der Waals surface area contributed by atoms with E-state index in [0.717, 1.165) is 31.6 Å². The third kappa shape index (κ3) is 2.83. The van der Waals surface area contributed by atoms with Gasteiger partial charge in [-0.15, -0.1) is 0 Å². The maximum absolute atomic E-state index is 12.4. The number of hydrogen-bond acceptors (Lipinski definition) is 3. The molecule has 4 heteroatoms. The topological polar surface area (TPSA) is 56.0 Å². The van der Waals surface area contributed by atoms with Crippen molar-refractivity contribution in [1.82, 2.24) is 4.98 Å². The van der Waals surface area contributed by atoms with Gasteiger partial charge in [-0.05, 0) is 37.7 Å². The number of nitrogens with two attached hydrogens (primary N) is 1. The third-order valence-corrected chi connectivity index (χ3v) is 4.15. The van der Waals surface area contributed by atoms with Crippen LogP contribution in [0.1, 0.15) is 49.4 Å². The second-order valence-corrected chi connectivity index (χ2v) is 5.51. The fourth-order valence-corrected chi connectivity index (χ4v) is 2.86. The smallest absolute Gasteiger partial charge is 0.169 e. The van der Waals surface area contributed by atoms with Crippen molar-refractivity contribution in [3.05, 3.63) is 22.8 Å². The summed E-state index contributed by atoms with van der Waals surface area (Å²) in [5, 5.41) is 0.467. The fourth-order valence-electron chi connectivity index (χ4n) is 2.70. The van der Waals surface area contributed by atoms with Gasteiger partial charge in [0.2, 0.25) is 0 Å². The highest BCUT2D eigenvalue weighted by molar-refractivity contribution is 6.31. The van der Waals surface area contributed by atoms with Crippen LogP contribution in [-0.2, 0) is 0 Å². The Morgan fingerprint density at radius 1 is 1.44 bits per heavy atom. The Hall–Kier alpha value is -1.09. The highest BCUT2D eigenvalue weighted by Gasteiger charge is 2.27. The zero-order valence-corrected chi connectivity index (χ0v) is 11.4. The lowest BCUT2D eigenvalue weighted by Gasteiger charge is -2.27. The minimum atomic E-state index is 0.0929. The summed E-state index contributed by atoms with van der Waals surface area (Å²) in [6, 6.07) is 1.64. The van der Waals surface area contributed by atoms with E-state index in [1.165, 1.54) is 12.6 Å². The zero-order chi connectivity index (χ0) is 13.1. The van der Waals surface area contributed by atoms with Crippen LogP contribution in [-0.4, -0.2) is 10.8 Å². The monoisotopic (exact) mass is 266 g/mol. The largest absolute Gasteiger partial charge is 0.383 e. The first-order valence-corrected chi connectivity index (χ1v) is 6.94. The number of carbonyl (C=O) groups is 1. The number of carbonyl (C=O) groups excluding carboxylic acids is 1. The first-order chi connectivity index (χ1) is 8.61. The predicted molar refractivity (Wildman–Crippen MR) is 73.7 cm³/mol. The molecule has 0 bridgehead atoms. The van der Waals surface area contributed by atoms with Gasteiger partial charge >= 0.3 is 0 Å². The minimum Gasteiger partial charge on any atom is -0.383 e. The molecule has 1 aromatic heterocycles. The van der Waals surface area contributed by atoms with Gasteiger partial charge < -0.3 is 5.73 Å². The summed E-state index contributed by atoms with van der Waals surface area (Å²) >= 11 is 5.88. The van der Waals surface area contributed by atoms with Gasteiger partial charge in [-0.1, -0.05) is 24.9 Å². The lowest BCUT2D eigenvalue weighted by molar-refractivity contribution is 0.0871. The molecule has 0 radical (unpaired) electrons. The van der Waals surface area contributed by atoms with E-state index in [9.17, 15) is 4.79 Å². The molecule has 0 unspecified atom stereocenters. The molecule has 3 nitrogen and oxygen atoms in total. The van der Waals surface area contributed by atoms with Crippen LogP contribution in [0.5, 0.6) is 0 Å². The van der Waals surface area contributed by atoms with Gasteiger partial charge in [-0.3, -0.25) is 4.79 Å². The number of Topliss-reactive ketones (excluding diaryl/α,β-unsaturated/α-hetero) is 1. The summed E-state index contributed by atoms with van der Waals surface area (Å²) in [5.74, 6) is 1.28. The molecule has 18 heavy (non-hydrogen) atoms. The Bertz CT molecular complexity index is 439. The Morgan fingerprint density at radius 3 is 2.72 bits per heavy atom. The number of pyridine rings is 1. The summed E-state index contributed by atoms with van der Waals surface area (Å²) in [4.78, 5) is 16.3. The van der Waals surface area contributed by atoms with Gasteiger partial charge in [0.15, 0.2) is 5.78 Å². The van der Waals surface area contributed by atoms with Crippen molar-refractivity contribution in [2.45, 2.75) is 39.0 Å². The number of aromatic nitrogens is 1. The van der Waals surface area contributed by atoms with Crippen LogP contribution in [0, 0.1) is 11.8 Å². The standard InChI is InChI=1S/C14H19ClN2O/c1-2-9-3-5-10(6-4-9)13(18)12-7-11(15)8-17-14(12)16/h7-10H,2-6H2,1H3,(H2,16,17). The van der Waals surface area contributed by atoms with Crippen LogP contribution < -0.4 is 5.73 Å². The maximum atomic E-state index is 12.4.